The van der Waals surface area contributed by atoms with Crippen LogP contribution in [-0.4, -0.2) is 26.2 Å². The molecule has 16 heavy (non-hydrogen) atoms. The van der Waals surface area contributed by atoms with E-state index in [1.165, 1.54) is 0 Å². The fraction of sp³-hybridized carbons (Fsp3) is 0.273. The van der Waals surface area contributed by atoms with Crippen LogP contribution in [0.25, 0.3) is 11.5 Å². The molecule has 0 spiro atoms. The Bertz CT molecular complexity index is 466. The van der Waals surface area contributed by atoms with Crippen LogP contribution in [0.4, 0.5) is 0 Å². The van der Waals surface area contributed by atoms with E-state index < -0.39 is 0 Å². The Hall–Kier alpha value is -1.39. The number of pyridine rings is 1. The first-order valence-corrected chi connectivity index (χ1v) is 5.36. The molecule has 2 aromatic rings. The average molecular weight is 238 g/mol. The van der Waals surface area contributed by atoms with Crippen molar-refractivity contribution < 1.29 is 5.11 Å². The maximum atomic E-state index is 9.13. The molecule has 0 bridgehead atoms. The fourth-order valence-electron chi connectivity index (χ4n) is 1.46. The van der Waals surface area contributed by atoms with Crippen molar-refractivity contribution in [3.8, 4) is 11.5 Å². The minimum atomic E-state index is -0.0185. The highest BCUT2D eigenvalue weighted by Gasteiger charge is 2.11. The molecule has 0 saturated carbocycles. The number of hydrogen-bond donors (Lipinski definition) is 1. The maximum absolute atomic E-state index is 9.13. The second kappa shape index (κ2) is 4.63. The molecule has 2 heterocycles. The summed E-state index contributed by atoms with van der Waals surface area (Å²) in [6.45, 7) is 1.98. The van der Waals surface area contributed by atoms with Crippen LogP contribution in [0.15, 0.2) is 30.7 Å². The number of aliphatic hydroxyl groups is 1. The number of rotatable bonds is 3. The van der Waals surface area contributed by atoms with Gasteiger partial charge in [-0.15, -0.1) is 0 Å². The molecule has 5 heteroatoms. The Kier molecular flexibility index (Phi) is 3.22. The molecule has 0 fully saturated rings. The monoisotopic (exact) mass is 237 g/mol. The zero-order valence-electron chi connectivity index (χ0n) is 8.84. The summed E-state index contributed by atoms with van der Waals surface area (Å²) in [5.41, 5.74) is 0.745. The first-order chi connectivity index (χ1) is 7.72. The number of nitrogens with zero attached hydrogens (tertiary/aromatic N) is 3. The Morgan fingerprint density at radius 2 is 2.25 bits per heavy atom. The largest absolute Gasteiger partial charge is 0.394 e. The molecule has 2 aromatic heterocycles. The van der Waals surface area contributed by atoms with E-state index in [4.69, 9.17) is 16.7 Å². The van der Waals surface area contributed by atoms with Crippen LogP contribution in [0, 0.1) is 0 Å². The fourth-order valence-corrected chi connectivity index (χ4v) is 1.57. The average Bonchev–Trinajstić information content (AvgIpc) is 2.78. The van der Waals surface area contributed by atoms with Crippen molar-refractivity contribution in [1.82, 2.24) is 14.5 Å². The number of aliphatic hydroxyl groups excluding tert-OH is 1. The van der Waals surface area contributed by atoms with Crippen LogP contribution in [0.1, 0.15) is 13.0 Å². The summed E-state index contributed by atoms with van der Waals surface area (Å²) in [5.74, 6) is 0.734. The van der Waals surface area contributed by atoms with E-state index in [0.29, 0.717) is 5.02 Å². The number of aromatic nitrogens is 3. The molecule has 84 valence electrons. The quantitative estimate of drug-likeness (QED) is 0.890. The molecule has 0 saturated heterocycles. The lowest BCUT2D eigenvalue weighted by molar-refractivity contribution is 0.239. The lowest BCUT2D eigenvalue weighted by atomic mass is 10.3. The summed E-state index contributed by atoms with van der Waals surface area (Å²) in [4.78, 5) is 8.43. The van der Waals surface area contributed by atoms with E-state index in [9.17, 15) is 0 Å². The van der Waals surface area contributed by atoms with E-state index in [2.05, 4.69) is 9.97 Å². The number of hydrogen-bond acceptors (Lipinski definition) is 3. The summed E-state index contributed by atoms with van der Waals surface area (Å²) in [5, 5.41) is 9.73. The van der Waals surface area contributed by atoms with Gasteiger partial charge in [0.15, 0.2) is 5.82 Å². The van der Waals surface area contributed by atoms with Gasteiger partial charge in [0.2, 0.25) is 0 Å². The van der Waals surface area contributed by atoms with Gasteiger partial charge in [-0.05, 0) is 19.1 Å². The lowest BCUT2D eigenvalue weighted by Gasteiger charge is -2.13. The normalized spacial score (nSPS) is 12.7. The van der Waals surface area contributed by atoms with Gasteiger partial charge < -0.3 is 9.67 Å². The summed E-state index contributed by atoms with van der Waals surface area (Å²) < 4.78 is 1.89. The highest BCUT2D eigenvalue weighted by molar-refractivity contribution is 6.30. The second-order valence-electron chi connectivity index (χ2n) is 3.55. The van der Waals surface area contributed by atoms with Crippen molar-refractivity contribution in [3.05, 3.63) is 35.7 Å². The predicted octanol–water partition coefficient (Wildman–Crippen LogP) is 2.15. The molecule has 0 aliphatic carbocycles. The first-order valence-electron chi connectivity index (χ1n) is 4.98. The van der Waals surface area contributed by atoms with E-state index in [1.807, 2.05) is 23.8 Å². The van der Waals surface area contributed by atoms with Crippen molar-refractivity contribution in [2.45, 2.75) is 13.0 Å². The van der Waals surface area contributed by atoms with Crippen molar-refractivity contribution in [2.24, 2.45) is 0 Å². The minimum absolute atomic E-state index is 0.0185. The maximum Gasteiger partial charge on any atom is 0.158 e. The number of imidazole rings is 1. The molecule has 0 radical (unpaired) electrons. The van der Waals surface area contributed by atoms with Gasteiger partial charge in [0.25, 0.3) is 0 Å². The molecule has 0 aromatic carbocycles. The molecule has 1 atom stereocenters. The molecule has 0 aliphatic rings. The van der Waals surface area contributed by atoms with Crippen LogP contribution in [0.3, 0.4) is 0 Å². The summed E-state index contributed by atoms with van der Waals surface area (Å²) in [7, 11) is 0. The first kappa shape index (κ1) is 11.1. The Balaban J connectivity index is 2.40. The summed E-state index contributed by atoms with van der Waals surface area (Å²) in [6, 6.07) is 3.56. The molecule has 1 N–H and O–H groups in total. The molecule has 4 nitrogen and oxygen atoms in total. The van der Waals surface area contributed by atoms with E-state index in [-0.39, 0.29) is 12.6 Å². The third-order valence-electron chi connectivity index (χ3n) is 2.36. The highest BCUT2D eigenvalue weighted by Crippen LogP contribution is 2.20. The van der Waals surface area contributed by atoms with Gasteiger partial charge in [-0.25, -0.2) is 4.98 Å². The van der Waals surface area contributed by atoms with Gasteiger partial charge in [-0.1, -0.05) is 11.6 Å². The van der Waals surface area contributed by atoms with Crippen LogP contribution in [0.2, 0.25) is 5.02 Å². The van der Waals surface area contributed by atoms with Crippen molar-refractivity contribution in [2.75, 3.05) is 6.61 Å². The van der Waals surface area contributed by atoms with Gasteiger partial charge in [-0.2, -0.15) is 0 Å². The van der Waals surface area contributed by atoms with Gasteiger partial charge in [-0.3, -0.25) is 4.98 Å². The predicted molar refractivity (Wildman–Crippen MR) is 62.3 cm³/mol. The van der Waals surface area contributed by atoms with Crippen molar-refractivity contribution in [1.29, 1.82) is 0 Å². The van der Waals surface area contributed by atoms with E-state index >= 15 is 0 Å². The second-order valence-corrected chi connectivity index (χ2v) is 3.99. The summed E-state index contributed by atoms with van der Waals surface area (Å²) >= 11 is 5.77. The smallest absolute Gasteiger partial charge is 0.158 e. The molecule has 2 rings (SSSR count). The van der Waals surface area contributed by atoms with Gasteiger partial charge >= 0.3 is 0 Å². The third kappa shape index (κ3) is 2.08. The van der Waals surface area contributed by atoms with E-state index in [0.717, 1.165) is 11.5 Å². The zero-order chi connectivity index (χ0) is 11.5. The van der Waals surface area contributed by atoms with Crippen LogP contribution >= 0.6 is 11.6 Å². The summed E-state index contributed by atoms with van der Waals surface area (Å²) in [6.07, 6.45) is 5.10. The minimum Gasteiger partial charge on any atom is -0.394 e. The third-order valence-corrected chi connectivity index (χ3v) is 2.59. The van der Waals surface area contributed by atoms with Gasteiger partial charge in [0.1, 0.15) is 5.69 Å². The molecule has 0 aliphatic heterocycles. The van der Waals surface area contributed by atoms with Crippen LogP contribution in [-0.2, 0) is 0 Å². The standard InChI is InChI=1S/C11H12ClN3O/c1-8(7-16)15-5-4-13-11(15)10-3-2-9(12)6-14-10/h2-6,8,16H,7H2,1H3/t8-/m0/s1. The highest BCUT2D eigenvalue weighted by atomic mass is 35.5. The van der Waals surface area contributed by atoms with E-state index in [1.54, 1.807) is 18.5 Å². The van der Waals surface area contributed by atoms with Crippen LogP contribution < -0.4 is 0 Å². The van der Waals surface area contributed by atoms with Gasteiger partial charge in [0, 0.05) is 18.6 Å². The Morgan fingerprint density at radius 1 is 1.44 bits per heavy atom. The SMILES string of the molecule is C[C@@H](CO)n1ccnc1-c1ccc(Cl)cn1. The van der Waals surface area contributed by atoms with Gasteiger partial charge in [0.05, 0.1) is 17.7 Å². The zero-order valence-corrected chi connectivity index (χ0v) is 9.59. The van der Waals surface area contributed by atoms with Crippen molar-refractivity contribution >= 4 is 11.6 Å². The molecule has 0 amide bonds. The topological polar surface area (TPSA) is 50.9 Å². The van der Waals surface area contributed by atoms with Crippen molar-refractivity contribution in [3.63, 3.8) is 0 Å². The Morgan fingerprint density at radius 3 is 2.88 bits per heavy atom. The lowest BCUT2D eigenvalue weighted by Crippen LogP contribution is -2.10. The Labute approximate surface area is 98.5 Å². The van der Waals surface area contributed by atoms with Crippen LogP contribution in [0.5, 0.6) is 0 Å². The molecular weight excluding hydrogens is 226 g/mol. The number of halogens is 1. The molecule has 0 unspecified atom stereocenters. The molecular formula is C11H12ClN3O.